The summed E-state index contributed by atoms with van der Waals surface area (Å²) in [6, 6.07) is 17.0. The summed E-state index contributed by atoms with van der Waals surface area (Å²) in [4.78, 5) is 39.0. The molecule has 0 spiro atoms. The van der Waals surface area contributed by atoms with Crippen LogP contribution in [0.1, 0.15) is 11.1 Å². The molecule has 10 heteroatoms. The molecular weight excluding hydrogens is 631 g/mol. The maximum atomic E-state index is 13.2. The van der Waals surface area contributed by atoms with Gasteiger partial charge in [0.05, 0.1) is 10.2 Å². The fraction of sp³-hybridized carbons (Fsp3) is 0.0800. The molecule has 0 aliphatic carbocycles. The Balaban J connectivity index is 1.37. The Labute approximate surface area is 222 Å². The Kier molecular flexibility index (Phi) is 6.48. The van der Waals surface area contributed by atoms with Crippen molar-refractivity contribution >= 4 is 68.1 Å². The first-order chi connectivity index (χ1) is 16.9. The Bertz CT molecular complexity index is 1390. The second-order valence-electron chi connectivity index (χ2n) is 7.60. The number of carbonyl (C=O) groups is 3. The van der Waals surface area contributed by atoms with Crippen LogP contribution in [0, 0.1) is 3.57 Å². The molecule has 0 saturated carbocycles. The van der Waals surface area contributed by atoms with Crippen molar-refractivity contribution in [1.82, 2.24) is 5.32 Å². The molecule has 3 aromatic rings. The number of halogens is 2. The highest BCUT2D eigenvalue weighted by Crippen LogP contribution is 2.36. The van der Waals surface area contributed by atoms with Gasteiger partial charge in [-0.05, 0) is 92.1 Å². The maximum absolute atomic E-state index is 13.2. The van der Waals surface area contributed by atoms with Crippen molar-refractivity contribution in [2.24, 2.45) is 0 Å². The van der Waals surface area contributed by atoms with Gasteiger partial charge in [-0.2, -0.15) is 0 Å². The number of benzene rings is 3. The molecule has 35 heavy (non-hydrogen) atoms. The van der Waals surface area contributed by atoms with E-state index in [0.29, 0.717) is 33.9 Å². The SMILES string of the molecule is O=C1NC(=O)N(c2ccc3c(c2)OCO3)C(=O)/C1=C/c1ccc(OCc2ccc(I)cc2)c(Br)c1. The van der Waals surface area contributed by atoms with Crippen molar-refractivity contribution in [3.8, 4) is 17.2 Å². The van der Waals surface area contributed by atoms with Crippen LogP contribution in [-0.2, 0) is 16.2 Å². The summed E-state index contributed by atoms with van der Waals surface area (Å²) in [5.41, 5.74) is 1.69. The topological polar surface area (TPSA) is 94.2 Å². The van der Waals surface area contributed by atoms with Gasteiger partial charge in [0.1, 0.15) is 17.9 Å². The van der Waals surface area contributed by atoms with Crippen molar-refractivity contribution in [3.63, 3.8) is 0 Å². The molecule has 0 unspecified atom stereocenters. The zero-order chi connectivity index (χ0) is 24.5. The van der Waals surface area contributed by atoms with Gasteiger partial charge in [-0.1, -0.05) is 18.2 Å². The van der Waals surface area contributed by atoms with E-state index in [9.17, 15) is 14.4 Å². The molecule has 2 aliphatic rings. The molecule has 176 valence electrons. The predicted molar refractivity (Wildman–Crippen MR) is 139 cm³/mol. The largest absolute Gasteiger partial charge is 0.488 e. The van der Waals surface area contributed by atoms with Crippen LogP contribution in [0.15, 0.2) is 70.7 Å². The van der Waals surface area contributed by atoms with Gasteiger partial charge in [0, 0.05) is 9.64 Å². The summed E-state index contributed by atoms with van der Waals surface area (Å²) in [7, 11) is 0. The lowest BCUT2D eigenvalue weighted by molar-refractivity contribution is -0.122. The summed E-state index contributed by atoms with van der Waals surface area (Å²) >= 11 is 5.73. The molecular formula is C25H16BrIN2O6. The van der Waals surface area contributed by atoms with Crippen molar-refractivity contribution in [2.45, 2.75) is 6.61 Å². The standard InChI is InChI=1S/C25H16BrIN2O6/c26-19-10-15(3-7-20(19)33-12-14-1-4-16(27)5-2-14)9-18-23(30)28-25(32)29(24(18)31)17-6-8-21-22(11-17)35-13-34-21/h1-11H,12-13H2,(H,28,30,32)/b18-9+. The minimum Gasteiger partial charge on any atom is -0.488 e. The predicted octanol–water partition coefficient (Wildman–Crippen LogP) is 5.03. The van der Waals surface area contributed by atoms with Gasteiger partial charge < -0.3 is 14.2 Å². The van der Waals surface area contributed by atoms with Crippen molar-refractivity contribution in [1.29, 1.82) is 0 Å². The van der Waals surface area contributed by atoms with Crippen LogP contribution < -0.4 is 24.4 Å². The Morgan fingerprint density at radius 3 is 2.54 bits per heavy atom. The molecule has 8 nitrogen and oxygen atoms in total. The molecule has 5 rings (SSSR count). The van der Waals surface area contributed by atoms with Crippen LogP contribution in [0.2, 0.25) is 0 Å². The van der Waals surface area contributed by atoms with Gasteiger partial charge in [0.2, 0.25) is 6.79 Å². The third kappa shape index (κ3) is 4.89. The summed E-state index contributed by atoms with van der Waals surface area (Å²) in [6.45, 7) is 0.450. The monoisotopic (exact) mass is 646 g/mol. The third-order valence-corrected chi connectivity index (χ3v) is 6.63. The first-order valence-corrected chi connectivity index (χ1v) is 12.2. The first kappa shape index (κ1) is 23.4. The molecule has 1 saturated heterocycles. The van der Waals surface area contributed by atoms with Gasteiger partial charge in [0.15, 0.2) is 11.5 Å². The van der Waals surface area contributed by atoms with E-state index in [1.54, 1.807) is 30.3 Å². The quantitative estimate of drug-likeness (QED) is 0.238. The fourth-order valence-corrected chi connectivity index (χ4v) is 4.42. The number of nitrogens with zero attached hydrogens (tertiary/aromatic N) is 1. The molecule has 0 radical (unpaired) electrons. The van der Waals surface area contributed by atoms with Gasteiger partial charge in [-0.3, -0.25) is 14.9 Å². The summed E-state index contributed by atoms with van der Waals surface area (Å²) in [5.74, 6) is 0.0251. The number of barbiturate groups is 1. The van der Waals surface area contributed by atoms with Crippen LogP contribution in [0.4, 0.5) is 10.5 Å². The maximum Gasteiger partial charge on any atom is 0.335 e. The van der Waals surface area contributed by atoms with Gasteiger partial charge in [0.25, 0.3) is 11.8 Å². The third-order valence-electron chi connectivity index (χ3n) is 5.29. The number of anilines is 1. The number of hydrogen-bond donors (Lipinski definition) is 1. The number of imide groups is 2. The van der Waals surface area contributed by atoms with Crippen LogP contribution in [-0.4, -0.2) is 24.6 Å². The highest BCUT2D eigenvalue weighted by molar-refractivity contribution is 14.1. The number of nitrogens with one attached hydrogen (secondary N) is 1. The van der Waals surface area contributed by atoms with E-state index in [1.165, 1.54) is 12.1 Å². The summed E-state index contributed by atoms with van der Waals surface area (Å²) in [5, 5.41) is 2.21. The molecule has 3 aromatic carbocycles. The minimum atomic E-state index is -0.837. The van der Waals surface area contributed by atoms with Crippen LogP contribution in [0.3, 0.4) is 0 Å². The van der Waals surface area contributed by atoms with Crippen LogP contribution >= 0.6 is 38.5 Å². The summed E-state index contributed by atoms with van der Waals surface area (Å²) < 4.78 is 18.3. The highest BCUT2D eigenvalue weighted by atomic mass is 127. The molecule has 2 heterocycles. The van der Waals surface area contributed by atoms with E-state index in [4.69, 9.17) is 14.2 Å². The first-order valence-electron chi connectivity index (χ1n) is 10.4. The fourth-order valence-electron chi connectivity index (χ4n) is 3.55. The smallest absolute Gasteiger partial charge is 0.335 e. The molecule has 0 atom stereocenters. The van der Waals surface area contributed by atoms with Gasteiger partial charge >= 0.3 is 6.03 Å². The number of hydrogen-bond acceptors (Lipinski definition) is 6. The second kappa shape index (κ2) is 9.70. The van der Waals surface area contributed by atoms with Crippen molar-refractivity contribution < 1.29 is 28.6 Å². The lowest BCUT2D eigenvalue weighted by Gasteiger charge is -2.26. The van der Waals surface area contributed by atoms with E-state index < -0.39 is 17.8 Å². The molecule has 4 amide bonds. The van der Waals surface area contributed by atoms with Gasteiger partial charge in [-0.25, -0.2) is 9.69 Å². The Hall–Kier alpha value is -3.38. The number of urea groups is 1. The summed E-state index contributed by atoms with van der Waals surface area (Å²) in [6.07, 6.45) is 1.43. The number of fused-ring (bicyclic) bond motifs is 1. The number of ether oxygens (including phenoxy) is 3. The normalized spacial score (nSPS) is 16.0. The Morgan fingerprint density at radius 2 is 1.77 bits per heavy atom. The number of carbonyl (C=O) groups excluding carboxylic acids is 3. The van der Waals surface area contributed by atoms with E-state index in [0.717, 1.165) is 14.0 Å². The van der Waals surface area contributed by atoms with Crippen LogP contribution in [0.25, 0.3) is 6.08 Å². The molecule has 0 aromatic heterocycles. The number of amides is 4. The van der Waals surface area contributed by atoms with Crippen LogP contribution in [0.5, 0.6) is 17.2 Å². The second-order valence-corrected chi connectivity index (χ2v) is 9.70. The Morgan fingerprint density at radius 1 is 1.00 bits per heavy atom. The minimum absolute atomic E-state index is 0.0574. The average Bonchev–Trinajstić information content (AvgIpc) is 3.30. The van der Waals surface area contributed by atoms with E-state index >= 15 is 0 Å². The average molecular weight is 647 g/mol. The molecule has 1 fully saturated rings. The zero-order valence-corrected chi connectivity index (χ0v) is 21.7. The molecule has 2 aliphatic heterocycles. The molecule has 0 bridgehead atoms. The lowest BCUT2D eigenvalue weighted by atomic mass is 10.1. The van der Waals surface area contributed by atoms with E-state index in [2.05, 4.69) is 43.8 Å². The lowest BCUT2D eigenvalue weighted by Crippen LogP contribution is -2.54. The highest BCUT2D eigenvalue weighted by Gasteiger charge is 2.37. The van der Waals surface area contributed by atoms with E-state index in [-0.39, 0.29) is 18.1 Å². The van der Waals surface area contributed by atoms with E-state index in [1.807, 2.05) is 24.3 Å². The zero-order valence-electron chi connectivity index (χ0n) is 17.9. The van der Waals surface area contributed by atoms with Crippen molar-refractivity contribution in [2.75, 3.05) is 11.7 Å². The van der Waals surface area contributed by atoms with Crippen molar-refractivity contribution in [3.05, 3.63) is 85.4 Å². The number of rotatable bonds is 5. The van der Waals surface area contributed by atoms with Gasteiger partial charge in [-0.15, -0.1) is 0 Å². The molecule has 1 N–H and O–H groups in total.